The van der Waals surface area contributed by atoms with Gasteiger partial charge in [0, 0.05) is 58.5 Å². The van der Waals surface area contributed by atoms with Crippen molar-refractivity contribution in [1.29, 1.82) is 0 Å². The van der Waals surface area contributed by atoms with Crippen LogP contribution < -0.4 is 0 Å². The van der Waals surface area contributed by atoms with Crippen molar-refractivity contribution in [3.63, 3.8) is 0 Å². The number of tetrazole rings is 1. The molecule has 70 heavy (non-hydrogen) atoms. The monoisotopic (exact) mass is 982 g/mol. The molecule has 0 aromatic carbocycles. The van der Waals surface area contributed by atoms with Gasteiger partial charge in [0.05, 0.1) is 31.0 Å². The van der Waals surface area contributed by atoms with Crippen LogP contribution in [-0.2, 0) is 47.7 Å². The number of ether oxygens (including phenoxy) is 5. The van der Waals surface area contributed by atoms with Crippen LogP contribution >= 0.6 is 0 Å². The van der Waals surface area contributed by atoms with Gasteiger partial charge in [-0.05, 0) is 117 Å². The fourth-order valence-electron chi connectivity index (χ4n) is 10.7. The van der Waals surface area contributed by atoms with Crippen LogP contribution in [0.3, 0.4) is 0 Å². The Hall–Kier alpha value is -4.30. The number of nitrogens with zero attached hydrogens (tertiary/aromatic N) is 5. The number of Topliss-reactive ketones (excluding diaryl/α,β-unsaturated/α-hetero) is 3. The Morgan fingerprint density at radius 2 is 1.66 bits per heavy atom. The summed E-state index contributed by atoms with van der Waals surface area (Å²) >= 11 is 0. The summed E-state index contributed by atoms with van der Waals surface area (Å²) in [5.74, 6) is -8.89. The fraction of sp³-hybridized carbons (Fsp3) is 0.731. The highest BCUT2D eigenvalue weighted by molar-refractivity contribution is 6.39. The van der Waals surface area contributed by atoms with E-state index in [9.17, 15) is 39.3 Å². The van der Waals surface area contributed by atoms with Crippen LogP contribution in [0.15, 0.2) is 53.9 Å². The molecule has 2 saturated heterocycles. The van der Waals surface area contributed by atoms with Gasteiger partial charge >= 0.3 is 5.97 Å². The number of aliphatic hydroxyl groups is 3. The predicted octanol–water partition coefficient (Wildman–Crippen LogP) is 5.02. The quantitative estimate of drug-likeness (QED) is 0.176. The number of hydrogen-bond acceptors (Lipinski definition) is 16. The number of methoxy groups -OCH3 is 3. The molecule has 0 spiro atoms. The third kappa shape index (κ3) is 14.2. The summed E-state index contributed by atoms with van der Waals surface area (Å²) in [7, 11) is 4.53. The van der Waals surface area contributed by atoms with E-state index in [4.69, 9.17) is 23.7 Å². The Kier molecular flexibility index (Phi) is 21.4. The number of aliphatic hydroxyl groups excluding tert-OH is 2. The number of amides is 1. The first-order chi connectivity index (χ1) is 33.4. The molecule has 5 rings (SSSR count). The molecule has 0 radical (unpaired) electrons. The third-order valence-electron chi connectivity index (χ3n) is 15.3. The van der Waals surface area contributed by atoms with E-state index in [-0.39, 0.29) is 61.5 Å². The van der Waals surface area contributed by atoms with Crippen LogP contribution in [0.4, 0.5) is 0 Å². The lowest BCUT2D eigenvalue weighted by Crippen LogP contribution is -2.61. The molecule has 1 aliphatic carbocycles. The third-order valence-corrected chi connectivity index (χ3v) is 15.3. The van der Waals surface area contributed by atoms with Gasteiger partial charge in [-0.1, -0.05) is 64.2 Å². The minimum Gasteiger partial charge on any atom is -0.460 e. The number of esters is 1. The molecule has 18 nitrogen and oxygen atoms in total. The van der Waals surface area contributed by atoms with Crippen LogP contribution in [0.2, 0.25) is 0 Å². The van der Waals surface area contributed by atoms with Crippen LogP contribution in [0.1, 0.15) is 125 Å². The standard InChI is InChI=1S/C52H79N5O13/c1-31-15-11-10-12-16-32(2)43(66-7)27-39-20-18-36(6)52(65,70-39)49(62)50(63)56-22-14-13-17-41(56)51(64)69-44(34(4)25-37-19-21-40(45(26-37)67-8)57-30-53-54-55-57)28-42(59)33(3)24-35(5)46(60)48(68-9)47(61)38(23-31)29-58/h10-12,15-16,24,30-31,33-34,36-41,43-46,48,58,60,65H,13-14,17-23,25-29H2,1-9H3/b12-10+,15-11+,32-16+,35-24+/t31-,33-,34-,36-,37+,38?,39+,40?,41+,43+,44+,45-,46-,48-,52-/m1/s1. The van der Waals surface area contributed by atoms with Gasteiger partial charge in [-0.3, -0.25) is 19.2 Å². The maximum atomic E-state index is 14.5. The lowest BCUT2D eigenvalue weighted by molar-refractivity contribution is -0.265. The molecule has 2 unspecified atom stereocenters. The van der Waals surface area contributed by atoms with E-state index >= 15 is 0 Å². The first-order valence-corrected chi connectivity index (χ1v) is 25.2. The molecular formula is C52H79N5O13. The first kappa shape index (κ1) is 56.6. The van der Waals surface area contributed by atoms with E-state index < -0.39 is 90.2 Å². The van der Waals surface area contributed by atoms with E-state index in [0.717, 1.165) is 18.4 Å². The average Bonchev–Trinajstić information content (AvgIpc) is 3.90. The van der Waals surface area contributed by atoms with Gasteiger partial charge in [0.25, 0.3) is 11.7 Å². The number of ketones is 3. The van der Waals surface area contributed by atoms with Crippen LogP contribution in [0.5, 0.6) is 0 Å². The molecule has 1 amide bonds. The number of carbonyl (C=O) groups excluding carboxylic acids is 5. The maximum Gasteiger partial charge on any atom is 0.329 e. The molecule has 1 aromatic rings. The second kappa shape index (κ2) is 26.4. The minimum absolute atomic E-state index is 0.0644. The van der Waals surface area contributed by atoms with Gasteiger partial charge < -0.3 is 43.9 Å². The molecule has 390 valence electrons. The number of aromatic nitrogens is 4. The molecule has 18 heteroatoms. The Labute approximate surface area is 413 Å². The predicted molar refractivity (Wildman–Crippen MR) is 257 cm³/mol. The molecule has 1 saturated carbocycles. The fourth-order valence-corrected chi connectivity index (χ4v) is 10.7. The van der Waals surface area contributed by atoms with Crippen molar-refractivity contribution in [2.24, 2.45) is 35.5 Å². The van der Waals surface area contributed by atoms with Crippen molar-refractivity contribution < 1.29 is 63.0 Å². The Morgan fingerprint density at radius 1 is 0.900 bits per heavy atom. The summed E-state index contributed by atoms with van der Waals surface area (Å²) < 4.78 is 31.5. The molecule has 2 bridgehead atoms. The van der Waals surface area contributed by atoms with Crippen LogP contribution in [-0.4, -0.2) is 153 Å². The summed E-state index contributed by atoms with van der Waals surface area (Å²) in [4.78, 5) is 72.4. The number of hydrogen-bond donors (Lipinski definition) is 3. The number of piperidine rings is 1. The average molecular weight is 982 g/mol. The van der Waals surface area contributed by atoms with Crippen molar-refractivity contribution in [1.82, 2.24) is 25.1 Å². The van der Waals surface area contributed by atoms with Gasteiger partial charge in [-0.15, -0.1) is 5.10 Å². The lowest BCUT2D eigenvalue weighted by atomic mass is 9.77. The summed E-state index contributed by atoms with van der Waals surface area (Å²) in [5.41, 5.74) is 1.17. The number of cyclic esters (lactones) is 1. The van der Waals surface area contributed by atoms with Crippen molar-refractivity contribution in [2.45, 2.75) is 173 Å². The summed E-state index contributed by atoms with van der Waals surface area (Å²) in [5, 5.41) is 45.5. The summed E-state index contributed by atoms with van der Waals surface area (Å²) in [6.45, 7) is 10.3. The number of allylic oxidation sites excluding steroid dienone is 6. The molecule has 1 aromatic heterocycles. The van der Waals surface area contributed by atoms with E-state index in [1.54, 1.807) is 52.1 Å². The van der Waals surface area contributed by atoms with E-state index in [2.05, 4.69) is 15.5 Å². The maximum absolute atomic E-state index is 14.5. The number of rotatable bonds is 8. The highest BCUT2D eigenvalue weighted by atomic mass is 16.6. The topological polar surface area (TPSA) is 239 Å². The van der Waals surface area contributed by atoms with E-state index in [1.165, 1.54) is 12.0 Å². The smallest absolute Gasteiger partial charge is 0.329 e. The number of carbonyl (C=O) groups is 5. The summed E-state index contributed by atoms with van der Waals surface area (Å²) in [6.07, 6.45) is 12.8. The minimum atomic E-state index is -2.45. The second-order valence-corrected chi connectivity index (χ2v) is 20.4. The highest BCUT2D eigenvalue weighted by Crippen LogP contribution is 2.39. The molecule has 3 N–H and O–H groups in total. The highest BCUT2D eigenvalue weighted by Gasteiger charge is 2.53. The molecular weight excluding hydrogens is 903 g/mol. The zero-order valence-electron chi connectivity index (χ0n) is 42.7. The van der Waals surface area contributed by atoms with Crippen LogP contribution in [0, 0.1) is 35.5 Å². The lowest BCUT2D eigenvalue weighted by Gasteiger charge is -2.42. The Balaban J connectivity index is 1.47. The zero-order chi connectivity index (χ0) is 51.3. The van der Waals surface area contributed by atoms with Gasteiger partial charge in [-0.25, -0.2) is 9.48 Å². The van der Waals surface area contributed by atoms with Gasteiger partial charge in [0.1, 0.15) is 36.5 Å². The second-order valence-electron chi connectivity index (χ2n) is 20.4. The van der Waals surface area contributed by atoms with Crippen molar-refractivity contribution in [2.75, 3.05) is 34.5 Å². The van der Waals surface area contributed by atoms with Gasteiger partial charge in [0.15, 0.2) is 5.78 Å². The van der Waals surface area contributed by atoms with E-state index in [0.29, 0.717) is 50.5 Å². The first-order valence-electron chi connectivity index (χ1n) is 25.2. The van der Waals surface area contributed by atoms with Gasteiger partial charge in [-0.2, -0.15) is 0 Å². The molecule has 4 heterocycles. The van der Waals surface area contributed by atoms with E-state index in [1.807, 2.05) is 51.2 Å². The van der Waals surface area contributed by atoms with Crippen molar-refractivity contribution in [3.8, 4) is 0 Å². The molecule has 4 aliphatic rings. The largest absolute Gasteiger partial charge is 0.460 e. The molecule has 15 atom stereocenters. The normalized spacial score (nSPS) is 38.4. The van der Waals surface area contributed by atoms with Crippen molar-refractivity contribution in [3.05, 3.63) is 53.9 Å². The Bertz CT molecular complexity index is 2040. The molecule has 3 fully saturated rings. The van der Waals surface area contributed by atoms with Crippen LogP contribution in [0.25, 0.3) is 0 Å². The Morgan fingerprint density at radius 3 is 2.33 bits per heavy atom. The SMILES string of the molecule is CO[C@H]1C[C@@H]2CC[C@@H](C)[C@@](O)(O2)C(=O)C(=O)N2CCCC[C@H]2C(=O)O[C@H]([C@H](C)C[C@@H]2CCC(n3cnnn3)[C@H](OC)C2)CC(=O)[C@H](C)/C=C(\C)[C@@H](O)[C@@H](OC)C(=O)C(CO)C[C@H](C)/C=C/C=C/C=C/1C. The number of fused-ring (bicyclic) bond motifs is 3. The van der Waals surface area contributed by atoms with Gasteiger partial charge in [0.2, 0.25) is 5.79 Å². The zero-order valence-corrected chi connectivity index (χ0v) is 42.7. The molecule has 3 aliphatic heterocycles. The summed E-state index contributed by atoms with van der Waals surface area (Å²) in [6, 6.07) is -1.23. The van der Waals surface area contributed by atoms with Crippen molar-refractivity contribution >= 4 is 29.2 Å².